The molecule has 0 bridgehead atoms. The molecule has 3 aromatic carbocycles. The first-order valence-electron chi connectivity index (χ1n) is 11.5. The van der Waals surface area contributed by atoms with Gasteiger partial charge in [-0.3, -0.25) is 14.4 Å². The van der Waals surface area contributed by atoms with E-state index < -0.39 is 18.0 Å². The largest absolute Gasteiger partial charge is 0.447 e. The highest BCUT2D eigenvalue weighted by molar-refractivity contribution is 6.02. The van der Waals surface area contributed by atoms with E-state index in [1.165, 1.54) is 5.01 Å². The van der Waals surface area contributed by atoms with Gasteiger partial charge >= 0.3 is 5.97 Å². The molecular formula is C28H27N3O4. The summed E-state index contributed by atoms with van der Waals surface area (Å²) in [5.41, 5.74) is 4.05. The molecule has 3 aromatic rings. The number of anilines is 1. The highest BCUT2D eigenvalue weighted by atomic mass is 16.5. The molecule has 1 aliphatic heterocycles. The summed E-state index contributed by atoms with van der Waals surface area (Å²) >= 11 is 0. The summed E-state index contributed by atoms with van der Waals surface area (Å²) in [5.74, 6) is -1.35. The molecule has 0 saturated heterocycles. The van der Waals surface area contributed by atoms with Crippen molar-refractivity contribution in [2.24, 2.45) is 5.10 Å². The van der Waals surface area contributed by atoms with Gasteiger partial charge in [0.15, 0.2) is 0 Å². The van der Waals surface area contributed by atoms with Crippen LogP contribution in [0.3, 0.4) is 0 Å². The Labute approximate surface area is 204 Å². The predicted octanol–water partition coefficient (Wildman–Crippen LogP) is 4.63. The average Bonchev–Trinajstić information content (AvgIpc) is 3.39. The van der Waals surface area contributed by atoms with Crippen LogP contribution in [0.2, 0.25) is 0 Å². The fourth-order valence-electron chi connectivity index (χ4n) is 3.74. The van der Waals surface area contributed by atoms with Gasteiger partial charge in [0.2, 0.25) is 12.0 Å². The first-order chi connectivity index (χ1) is 17.0. The number of rotatable bonds is 8. The van der Waals surface area contributed by atoms with Gasteiger partial charge in [-0.05, 0) is 24.6 Å². The van der Waals surface area contributed by atoms with Crippen LogP contribution in [-0.2, 0) is 19.1 Å². The maximum absolute atomic E-state index is 13.0. The molecule has 1 N–H and O–H groups in total. The van der Waals surface area contributed by atoms with Crippen molar-refractivity contribution in [3.8, 4) is 0 Å². The van der Waals surface area contributed by atoms with Gasteiger partial charge in [-0.25, -0.2) is 5.01 Å². The van der Waals surface area contributed by atoms with E-state index in [4.69, 9.17) is 4.74 Å². The zero-order valence-electron chi connectivity index (χ0n) is 19.5. The zero-order chi connectivity index (χ0) is 24.6. The minimum atomic E-state index is -1.13. The van der Waals surface area contributed by atoms with E-state index >= 15 is 0 Å². The maximum Gasteiger partial charge on any atom is 0.307 e. The van der Waals surface area contributed by atoms with Crippen LogP contribution in [-0.4, -0.2) is 35.0 Å². The summed E-state index contributed by atoms with van der Waals surface area (Å²) in [4.78, 5) is 38.2. The van der Waals surface area contributed by atoms with Gasteiger partial charge in [0, 0.05) is 24.1 Å². The number of benzene rings is 3. The molecule has 2 amide bonds. The van der Waals surface area contributed by atoms with Crippen LogP contribution >= 0.6 is 0 Å². The maximum atomic E-state index is 13.0. The summed E-state index contributed by atoms with van der Waals surface area (Å²) in [6, 6.07) is 25.8. The van der Waals surface area contributed by atoms with Crippen LogP contribution in [0.4, 0.5) is 5.69 Å². The number of hydrogen-bond acceptors (Lipinski definition) is 5. The van der Waals surface area contributed by atoms with E-state index in [2.05, 4.69) is 10.4 Å². The molecule has 7 nitrogen and oxygen atoms in total. The third kappa shape index (κ3) is 6.41. The molecule has 35 heavy (non-hydrogen) atoms. The molecule has 4 rings (SSSR count). The number of amides is 2. The van der Waals surface area contributed by atoms with Crippen molar-refractivity contribution in [1.82, 2.24) is 5.01 Å². The average molecular weight is 470 g/mol. The lowest BCUT2D eigenvalue weighted by Gasteiger charge is -2.18. The minimum Gasteiger partial charge on any atom is -0.447 e. The minimum absolute atomic E-state index is 0.0501. The number of carbonyl (C=O) groups excluding carboxylic acids is 3. The Kier molecular flexibility index (Phi) is 7.67. The van der Waals surface area contributed by atoms with E-state index in [0.717, 1.165) is 16.8 Å². The summed E-state index contributed by atoms with van der Waals surface area (Å²) in [6.07, 6.45) is -0.664. The molecule has 1 unspecified atom stereocenters. The summed E-state index contributed by atoms with van der Waals surface area (Å²) in [5, 5.41) is 8.60. The third-order valence-electron chi connectivity index (χ3n) is 5.65. The van der Waals surface area contributed by atoms with E-state index in [1.54, 1.807) is 36.4 Å². The number of ether oxygens (including phenoxy) is 1. The number of nitrogens with one attached hydrogen (secondary N) is 1. The molecule has 0 aliphatic carbocycles. The Morgan fingerprint density at radius 3 is 2.26 bits per heavy atom. The number of esters is 1. The van der Waals surface area contributed by atoms with E-state index in [-0.39, 0.29) is 18.7 Å². The Hall–Kier alpha value is -4.26. The van der Waals surface area contributed by atoms with Gasteiger partial charge in [0.25, 0.3) is 5.91 Å². The monoisotopic (exact) mass is 469 g/mol. The Bertz CT molecular complexity index is 1210. The second-order valence-electron chi connectivity index (χ2n) is 8.32. The van der Waals surface area contributed by atoms with Crippen LogP contribution in [0, 0.1) is 6.92 Å². The fourth-order valence-corrected chi connectivity index (χ4v) is 3.74. The van der Waals surface area contributed by atoms with Gasteiger partial charge in [-0.2, -0.15) is 5.10 Å². The van der Waals surface area contributed by atoms with Crippen LogP contribution in [0.15, 0.2) is 90.0 Å². The van der Waals surface area contributed by atoms with Crippen molar-refractivity contribution in [2.75, 3.05) is 11.9 Å². The summed E-state index contributed by atoms with van der Waals surface area (Å²) in [7, 11) is 0. The van der Waals surface area contributed by atoms with Crippen LogP contribution in [0.1, 0.15) is 42.1 Å². The van der Waals surface area contributed by atoms with Crippen molar-refractivity contribution < 1.29 is 19.1 Å². The Morgan fingerprint density at radius 2 is 1.57 bits per heavy atom. The van der Waals surface area contributed by atoms with Crippen molar-refractivity contribution in [3.63, 3.8) is 0 Å². The molecule has 0 spiro atoms. The molecule has 178 valence electrons. The van der Waals surface area contributed by atoms with E-state index in [1.807, 2.05) is 55.5 Å². The van der Waals surface area contributed by atoms with E-state index in [9.17, 15) is 14.4 Å². The molecule has 0 aromatic heterocycles. The first-order valence-corrected chi connectivity index (χ1v) is 11.5. The molecule has 1 heterocycles. The Balaban J connectivity index is 1.36. The van der Waals surface area contributed by atoms with Crippen molar-refractivity contribution in [3.05, 3.63) is 102 Å². The van der Waals surface area contributed by atoms with Gasteiger partial charge in [-0.15, -0.1) is 0 Å². The summed E-state index contributed by atoms with van der Waals surface area (Å²) < 4.78 is 5.54. The first kappa shape index (κ1) is 23.9. The second-order valence-corrected chi connectivity index (χ2v) is 8.32. The molecular weight excluding hydrogens is 442 g/mol. The lowest BCUT2D eigenvalue weighted by molar-refractivity contribution is -0.155. The molecule has 1 atom stereocenters. The molecule has 7 heteroatoms. The molecule has 0 fully saturated rings. The molecule has 1 aliphatic rings. The van der Waals surface area contributed by atoms with Crippen molar-refractivity contribution in [2.45, 2.75) is 32.3 Å². The van der Waals surface area contributed by atoms with Gasteiger partial charge < -0.3 is 10.1 Å². The smallest absolute Gasteiger partial charge is 0.307 e. The van der Waals surface area contributed by atoms with Crippen LogP contribution in [0.5, 0.6) is 0 Å². The van der Waals surface area contributed by atoms with Gasteiger partial charge in [-0.1, -0.05) is 78.4 Å². The SMILES string of the molecule is Cc1ccc(NC(=O)C(OC(=O)CCC(=O)N2CCC(c3ccccc3)=N2)c2ccccc2)cc1. The molecule has 0 saturated carbocycles. The quantitative estimate of drug-likeness (QED) is 0.487. The lowest BCUT2D eigenvalue weighted by atomic mass is 10.1. The number of carbonyl (C=O) groups is 3. The normalized spacial score (nSPS) is 13.6. The topological polar surface area (TPSA) is 88.1 Å². The number of hydrogen-bond donors (Lipinski definition) is 1. The fraction of sp³-hybridized carbons (Fsp3) is 0.214. The highest BCUT2D eigenvalue weighted by Crippen LogP contribution is 2.22. The zero-order valence-corrected chi connectivity index (χ0v) is 19.5. The van der Waals surface area contributed by atoms with Gasteiger partial charge in [0.05, 0.1) is 18.7 Å². The Morgan fingerprint density at radius 1 is 0.914 bits per heavy atom. The third-order valence-corrected chi connectivity index (χ3v) is 5.65. The van der Waals surface area contributed by atoms with Crippen molar-refractivity contribution >= 4 is 29.2 Å². The standard InChI is InChI=1S/C28H27N3O4/c1-20-12-14-23(15-13-20)29-28(34)27(22-10-6-3-7-11-22)35-26(33)17-16-25(32)31-19-18-24(30-31)21-8-4-2-5-9-21/h2-15,27H,16-19H2,1H3,(H,29,34). The van der Waals surface area contributed by atoms with Crippen LogP contribution < -0.4 is 5.32 Å². The summed E-state index contributed by atoms with van der Waals surface area (Å²) in [6.45, 7) is 2.43. The van der Waals surface area contributed by atoms with Crippen molar-refractivity contribution in [1.29, 1.82) is 0 Å². The number of nitrogens with zero attached hydrogens (tertiary/aromatic N) is 2. The highest BCUT2D eigenvalue weighted by Gasteiger charge is 2.27. The molecule has 0 radical (unpaired) electrons. The van der Waals surface area contributed by atoms with Gasteiger partial charge in [0.1, 0.15) is 0 Å². The number of aryl methyl sites for hydroxylation is 1. The number of hydrazone groups is 1. The second kappa shape index (κ2) is 11.2. The van der Waals surface area contributed by atoms with E-state index in [0.29, 0.717) is 24.2 Å². The predicted molar refractivity (Wildman–Crippen MR) is 134 cm³/mol. The van der Waals surface area contributed by atoms with Crippen LogP contribution in [0.25, 0.3) is 0 Å². The lowest BCUT2D eigenvalue weighted by Crippen LogP contribution is -2.27.